The number of Topliss-reactive ketones (excluding diaryl/α,β-unsaturated/α-hetero) is 1. The summed E-state index contributed by atoms with van der Waals surface area (Å²) in [7, 11) is 0. The van der Waals surface area contributed by atoms with Crippen LogP contribution in [-0.2, 0) is 17.6 Å². The van der Waals surface area contributed by atoms with Gasteiger partial charge in [0.05, 0.1) is 0 Å². The molecule has 0 saturated carbocycles. The van der Waals surface area contributed by atoms with Crippen LogP contribution in [0.5, 0.6) is 0 Å². The molecule has 0 fully saturated rings. The van der Waals surface area contributed by atoms with Crippen LogP contribution in [0.3, 0.4) is 0 Å². The van der Waals surface area contributed by atoms with Crippen molar-refractivity contribution in [3.05, 3.63) is 33.3 Å². The summed E-state index contributed by atoms with van der Waals surface area (Å²) in [6.45, 7) is 0. The van der Waals surface area contributed by atoms with Crippen LogP contribution in [0, 0.1) is 11.6 Å². The van der Waals surface area contributed by atoms with Gasteiger partial charge in [0.2, 0.25) is 0 Å². The molecule has 2 rings (SSSR count). The molecule has 0 N–H and O–H groups in total. The first-order valence-corrected chi connectivity index (χ1v) is 5.06. The van der Waals surface area contributed by atoms with E-state index in [4.69, 9.17) is 0 Å². The van der Waals surface area contributed by atoms with Crippen molar-refractivity contribution < 1.29 is 13.6 Å². The summed E-state index contributed by atoms with van der Waals surface area (Å²) < 4.78 is 26.7. The number of rotatable bonds is 0. The van der Waals surface area contributed by atoms with E-state index in [0.717, 1.165) is 6.07 Å². The topological polar surface area (TPSA) is 17.1 Å². The van der Waals surface area contributed by atoms with Gasteiger partial charge in [-0.3, -0.25) is 4.79 Å². The van der Waals surface area contributed by atoms with Crippen LogP contribution in [0.25, 0.3) is 0 Å². The third-order valence-corrected chi connectivity index (χ3v) is 3.12. The van der Waals surface area contributed by atoms with E-state index in [1.807, 2.05) is 0 Å². The molecule has 1 aromatic carbocycles. The van der Waals surface area contributed by atoms with Gasteiger partial charge in [-0.2, -0.15) is 0 Å². The largest absolute Gasteiger partial charge is 0.299 e. The summed E-state index contributed by atoms with van der Waals surface area (Å²) in [5.41, 5.74) is 0.941. The maximum absolute atomic E-state index is 13.3. The molecule has 0 amide bonds. The van der Waals surface area contributed by atoms with Gasteiger partial charge >= 0.3 is 0 Å². The van der Waals surface area contributed by atoms with Crippen molar-refractivity contribution >= 4 is 21.7 Å². The molecule has 0 unspecified atom stereocenters. The van der Waals surface area contributed by atoms with Crippen LogP contribution in [0.2, 0.25) is 0 Å². The maximum Gasteiger partial charge on any atom is 0.162 e. The second-order valence-corrected chi connectivity index (χ2v) is 4.18. The third-order valence-electron chi connectivity index (χ3n) is 2.41. The predicted molar refractivity (Wildman–Crippen MR) is 51.1 cm³/mol. The van der Waals surface area contributed by atoms with Crippen LogP contribution in [0.4, 0.5) is 8.78 Å². The molecule has 74 valence electrons. The monoisotopic (exact) mass is 260 g/mol. The Balaban J connectivity index is 2.62. The summed E-state index contributed by atoms with van der Waals surface area (Å²) in [5.74, 6) is -1.59. The number of hydrogen-bond donors (Lipinski definition) is 0. The van der Waals surface area contributed by atoms with Gasteiger partial charge in [-0.15, -0.1) is 0 Å². The molecule has 0 bridgehead atoms. The van der Waals surface area contributed by atoms with E-state index in [1.54, 1.807) is 0 Å². The van der Waals surface area contributed by atoms with Crippen molar-refractivity contribution in [1.29, 1.82) is 0 Å². The van der Waals surface area contributed by atoms with E-state index < -0.39 is 11.6 Å². The lowest BCUT2D eigenvalue weighted by Crippen LogP contribution is -2.16. The van der Waals surface area contributed by atoms with E-state index in [1.165, 1.54) is 0 Å². The molecule has 0 atom stereocenters. The molecular formula is C10H7BrF2O. The minimum atomic E-state index is -0.857. The fourth-order valence-electron chi connectivity index (χ4n) is 1.68. The van der Waals surface area contributed by atoms with Crippen molar-refractivity contribution in [3.63, 3.8) is 0 Å². The minimum Gasteiger partial charge on any atom is -0.299 e. The predicted octanol–water partition coefficient (Wildman–Crippen LogP) is 2.79. The van der Waals surface area contributed by atoms with Crippen molar-refractivity contribution in [1.82, 2.24) is 0 Å². The van der Waals surface area contributed by atoms with Gasteiger partial charge in [0, 0.05) is 17.3 Å². The highest BCUT2D eigenvalue weighted by Gasteiger charge is 2.23. The van der Waals surface area contributed by atoms with E-state index in [0.29, 0.717) is 28.4 Å². The van der Waals surface area contributed by atoms with Gasteiger partial charge in [-0.05, 0) is 23.6 Å². The van der Waals surface area contributed by atoms with Gasteiger partial charge in [0.1, 0.15) is 5.78 Å². The first kappa shape index (κ1) is 9.77. The van der Waals surface area contributed by atoms with Crippen LogP contribution in [-0.4, -0.2) is 5.78 Å². The molecular weight excluding hydrogens is 254 g/mol. The third kappa shape index (κ3) is 1.47. The number of carbonyl (C=O) groups excluding carboxylic acids is 1. The molecule has 0 saturated heterocycles. The zero-order valence-corrected chi connectivity index (χ0v) is 8.83. The lowest BCUT2D eigenvalue weighted by molar-refractivity contribution is -0.118. The second-order valence-electron chi connectivity index (χ2n) is 3.33. The Bertz CT molecular complexity index is 415. The summed E-state index contributed by atoms with van der Waals surface area (Å²) >= 11 is 3.14. The molecule has 4 heteroatoms. The zero-order valence-electron chi connectivity index (χ0n) is 7.24. The second kappa shape index (κ2) is 3.42. The summed E-state index contributed by atoms with van der Waals surface area (Å²) in [6.07, 6.45) is 0.809. The van der Waals surface area contributed by atoms with E-state index >= 15 is 0 Å². The fraction of sp³-hybridized carbons (Fsp3) is 0.300. The molecule has 0 spiro atoms. The Kier molecular flexibility index (Phi) is 2.39. The van der Waals surface area contributed by atoms with Gasteiger partial charge in [-0.25, -0.2) is 8.78 Å². The summed E-state index contributed by atoms with van der Waals surface area (Å²) in [4.78, 5) is 11.1. The molecule has 1 aromatic rings. The quantitative estimate of drug-likeness (QED) is 0.656. The standard InChI is InChI=1S/C10H7BrF2O/c11-8-4-9(12)10(13)6-2-1-5(14)3-7(6)8/h4H,1-3H2. The summed E-state index contributed by atoms with van der Waals surface area (Å²) in [6, 6.07) is 1.08. The van der Waals surface area contributed by atoms with Crippen LogP contribution < -0.4 is 0 Å². The average Bonchev–Trinajstić information content (AvgIpc) is 2.14. The van der Waals surface area contributed by atoms with Gasteiger partial charge < -0.3 is 0 Å². The molecule has 1 aliphatic carbocycles. The molecule has 1 aliphatic rings. The number of ketones is 1. The number of carbonyl (C=O) groups is 1. The van der Waals surface area contributed by atoms with Crippen LogP contribution in [0.1, 0.15) is 17.5 Å². The molecule has 0 aromatic heterocycles. The highest BCUT2D eigenvalue weighted by molar-refractivity contribution is 9.10. The fourth-order valence-corrected chi connectivity index (χ4v) is 2.26. The smallest absolute Gasteiger partial charge is 0.162 e. The summed E-state index contributed by atoms with van der Waals surface area (Å²) in [5, 5.41) is 0. The normalized spacial score (nSPS) is 15.5. The number of hydrogen-bond acceptors (Lipinski definition) is 1. The van der Waals surface area contributed by atoms with Crippen LogP contribution >= 0.6 is 15.9 Å². The lowest BCUT2D eigenvalue weighted by atomic mass is 9.90. The highest BCUT2D eigenvalue weighted by atomic mass is 79.9. The first-order chi connectivity index (χ1) is 6.59. The van der Waals surface area contributed by atoms with E-state index in [-0.39, 0.29) is 12.2 Å². The highest BCUT2D eigenvalue weighted by Crippen LogP contribution is 2.30. The number of halogens is 3. The first-order valence-electron chi connectivity index (χ1n) is 4.26. The van der Waals surface area contributed by atoms with Gasteiger partial charge in [0.15, 0.2) is 11.6 Å². The van der Waals surface area contributed by atoms with Crippen molar-refractivity contribution in [2.45, 2.75) is 19.3 Å². The molecule has 14 heavy (non-hydrogen) atoms. The van der Waals surface area contributed by atoms with E-state index in [9.17, 15) is 13.6 Å². The number of benzene rings is 1. The molecule has 0 heterocycles. The zero-order chi connectivity index (χ0) is 10.3. The Morgan fingerprint density at radius 2 is 1.93 bits per heavy atom. The Morgan fingerprint density at radius 1 is 1.21 bits per heavy atom. The van der Waals surface area contributed by atoms with Gasteiger partial charge in [-0.1, -0.05) is 15.9 Å². The van der Waals surface area contributed by atoms with Crippen molar-refractivity contribution in [2.75, 3.05) is 0 Å². The Hall–Kier alpha value is -0.770. The Labute approximate surface area is 88.2 Å². The molecule has 0 radical (unpaired) electrons. The van der Waals surface area contributed by atoms with Crippen LogP contribution in [0.15, 0.2) is 10.5 Å². The number of fused-ring (bicyclic) bond motifs is 1. The maximum atomic E-state index is 13.3. The molecule has 1 nitrogen and oxygen atoms in total. The SMILES string of the molecule is O=C1CCc2c(F)c(F)cc(Br)c2C1. The minimum absolute atomic E-state index is 0.0733. The molecule has 0 aliphatic heterocycles. The average molecular weight is 261 g/mol. The van der Waals surface area contributed by atoms with Gasteiger partial charge in [0.25, 0.3) is 0 Å². The lowest BCUT2D eigenvalue weighted by Gasteiger charge is -2.17. The Morgan fingerprint density at radius 3 is 2.64 bits per heavy atom. The van der Waals surface area contributed by atoms with Crippen molar-refractivity contribution in [3.8, 4) is 0 Å². The van der Waals surface area contributed by atoms with Crippen molar-refractivity contribution in [2.24, 2.45) is 0 Å². The van der Waals surface area contributed by atoms with E-state index in [2.05, 4.69) is 15.9 Å².